The lowest BCUT2D eigenvalue weighted by molar-refractivity contribution is 0.0921. The molecule has 1 amide bonds. The molecule has 4 nitrogen and oxygen atoms in total. The summed E-state index contributed by atoms with van der Waals surface area (Å²) < 4.78 is 1.46. The molecule has 1 aromatic heterocycles. The molecule has 19 heavy (non-hydrogen) atoms. The summed E-state index contributed by atoms with van der Waals surface area (Å²) in [7, 11) is 1.68. The summed E-state index contributed by atoms with van der Waals surface area (Å²) >= 11 is 0. The standard InChI is InChI=1S/C15H22N2O2/c1-11-6-4-3-5-7-13(11)16-15(19)12-8-9-17(2)14(18)10-12/h8-11,13H,3-7H2,1-2H3,(H,16,19). The van der Waals surface area contributed by atoms with E-state index in [2.05, 4.69) is 12.2 Å². The average molecular weight is 262 g/mol. The molecule has 0 saturated heterocycles. The Kier molecular flexibility index (Phi) is 4.40. The largest absolute Gasteiger partial charge is 0.349 e. The number of rotatable bonds is 2. The van der Waals surface area contributed by atoms with Crippen molar-refractivity contribution >= 4 is 5.91 Å². The number of pyridine rings is 1. The number of carbonyl (C=O) groups excluding carboxylic acids is 1. The van der Waals surface area contributed by atoms with Crippen LogP contribution in [0.15, 0.2) is 23.1 Å². The number of aromatic nitrogens is 1. The summed E-state index contributed by atoms with van der Waals surface area (Å²) in [6.07, 6.45) is 7.51. The maximum absolute atomic E-state index is 12.2. The van der Waals surface area contributed by atoms with Crippen molar-refractivity contribution in [1.82, 2.24) is 9.88 Å². The van der Waals surface area contributed by atoms with Crippen molar-refractivity contribution in [3.8, 4) is 0 Å². The predicted octanol–water partition coefficient (Wildman–Crippen LogP) is 2.08. The van der Waals surface area contributed by atoms with Crippen LogP contribution < -0.4 is 10.9 Å². The van der Waals surface area contributed by atoms with Gasteiger partial charge in [-0.1, -0.05) is 26.2 Å². The molecule has 1 aliphatic carbocycles. The highest BCUT2D eigenvalue weighted by atomic mass is 16.2. The van der Waals surface area contributed by atoms with Crippen molar-refractivity contribution in [2.45, 2.75) is 45.1 Å². The van der Waals surface area contributed by atoms with E-state index in [4.69, 9.17) is 0 Å². The van der Waals surface area contributed by atoms with E-state index in [0.717, 1.165) is 6.42 Å². The van der Waals surface area contributed by atoms with Crippen LogP contribution in [0.2, 0.25) is 0 Å². The molecule has 104 valence electrons. The number of aryl methyl sites for hydroxylation is 1. The highest BCUT2D eigenvalue weighted by molar-refractivity contribution is 5.94. The molecule has 1 saturated carbocycles. The van der Waals surface area contributed by atoms with Crippen molar-refractivity contribution in [3.05, 3.63) is 34.2 Å². The lowest BCUT2D eigenvalue weighted by atomic mass is 9.96. The normalized spacial score (nSPS) is 23.7. The molecule has 0 bridgehead atoms. The molecule has 1 heterocycles. The molecule has 1 aliphatic rings. The molecular weight excluding hydrogens is 240 g/mol. The Hall–Kier alpha value is -1.58. The first-order valence-electron chi connectivity index (χ1n) is 7.05. The monoisotopic (exact) mass is 262 g/mol. The molecule has 0 aliphatic heterocycles. The van der Waals surface area contributed by atoms with E-state index in [0.29, 0.717) is 11.5 Å². The Morgan fingerprint density at radius 3 is 2.79 bits per heavy atom. The van der Waals surface area contributed by atoms with Crippen LogP contribution in [0.25, 0.3) is 0 Å². The molecule has 2 unspecified atom stereocenters. The summed E-state index contributed by atoms with van der Waals surface area (Å²) in [6.45, 7) is 2.19. The second-order valence-electron chi connectivity index (χ2n) is 5.56. The molecule has 4 heteroatoms. The Balaban J connectivity index is 2.07. The topological polar surface area (TPSA) is 51.1 Å². The quantitative estimate of drug-likeness (QED) is 0.830. The highest BCUT2D eigenvalue weighted by Crippen LogP contribution is 2.23. The van der Waals surface area contributed by atoms with E-state index < -0.39 is 0 Å². The maximum Gasteiger partial charge on any atom is 0.251 e. The molecule has 0 radical (unpaired) electrons. The fourth-order valence-corrected chi connectivity index (χ4v) is 2.65. The lowest BCUT2D eigenvalue weighted by Crippen LogP contribution is -2.39. The van der Waals surface area contributed by atoms with Crippen molar-refractivity contribution in [1.29, 1.82) is 0 Å². The van der Waals surface area contributed by atoms with Crippen LogP contribution in [0.1, 0.15) is 49.4 Å². The van der Waals surface area contributed by atoms with Gasteiger partial charge in [0, 0.05) is 30.9 Å². The maximum atomic E-state index is 12.2. The summed E-state index contributed by atoms with van der Waals surface area (Å²) in [5.74, 6) is 0.384. The van der Waals surface area contributed by atoms with Gasteiger partial charge in [-0.15, -0.1) is 0 Å². The van der Waals surface area contributed by atoms with Crippen LogP contribution in [0.3, 0.4) is 0 Å². The first-order chi connectivity index (χ1) is 9.08. The van der Waals surface area contributed by atoms with Crippen LogP contribution in [0.4, 0.5) is 0 Å². The second kappa shape index (κ2) is 6.04. The Bertz CT molecular complexity index is 507. The van der Waals surface area contributed by atoms with Crippen molar-refractivity contribution < 1.29 is 4.79 Å². The van der Waals surface area contributed by atoms with Gasteiger partial charge in [-0.25, -0.2) is 0 Å². The van der Waals surface area contributed by atoms with Crippen molar-refractivity contribution in [2.75, 3.05) is 0 Å². The van der Waals surface area contributed by atoms with E-state index >= 15 is 0 Å². The summed E-state index contributed by atoms with van der Waals surface area (Å²) in [4.78, 5) is 23.7. The molecule has 2 atom stereocenters. The first-order valence-corrected chi connectivity index (χ1v) is 7.05. The third-order valence-electron chi connectivity index (χ3n) is 4.04. The molecule has 2 rings (SSSR count). The van der Waals surface area contributed by atoms with Crippen LogP contribution in [0, 0.1) is 5.92 Å². The fourth-order valence-electron chi connectivity index (χ4n) is 2.65. The van der Waals surface area contributed by atoms with E-state index in [1.54, 1.807) is 19.3 Å². The van der Waals surface area contributed by atoms with Gasteiger partial charge >= 0.3 is 0 Å². The second-order valence-corrected chi connectivity index (χ2v) is 5.56. The van der Waals surface area contributed by atoms with Crippen LogP contribution in [-0.2, 0) is 7.05 Å². The van der Waals surface area contributed by atoms with Gasteiger partial charge in [-0.05, 0) is 24.8 Å². The highest BCUT2D eigenvalue weighted by Gasteiger charge is 2.22. The number of amides is 1. The molecule has 0 aromatic carbocycles. The van der Waals surface area contributed by atoms with Crippen molar-refractivity contribution in [3.63, 3.8) is 0 Å². The lowest BCUT2D eigenvalue weighted by Gasteiger charge is -2.22. The van der Waals surface area contributed by atoms with Crippen LogP contribution in [-0.4, -0.2) is 16.5 Å². The Labute approximate surface area is 113 Å². The van der Waals surface area contributed by atoms with Crippen LogP contribution >= 0.6 is 0 Å². The minimum Gasteiger partial charge on any atom is -0.349 e. The van der Waals surface area contributed by atoms with E-state index in [-0.39, 0.29) is 17.5 Å². The number of carbonyl (C=O) groups is 1. The molecule has 1 fully saturated rings. The Morgan fingerprint density at radius 2 is 2.05 bits per heavy atom. The zero-order valence-electron chi connectivity index (χ0n) is 11.7. The summed E-state index contributed by atoms with van der Waals surface area (Å²) in [5, 5.41) is 3.08. The van der Waals surface area contributed by atoms with Gasteiger partial charge in [0.2, 0.25) is 0 Å². The average Bonchev–Trinajstić information content (AvgIpc) is 2.58. The van der Waals surface area contributed by atoms with Crippen molar-refractivity contribution in [2.24, 2.45) is 13.0 Å². The Morgan fingerprint density at radius 1 is 1.32 bits per heavy atom. The van der Waals surface area contributed by atoms with Gasteiger partial charge < -0.3 is 9.88 Å². The van der Waals surface area contributed by atoms with Gasteiger partial charge in [-0.2, -0.15) is 0 Å². The molecule has 1 aromatic rings. The van der Waals surface area contributed by atoms with E-state index in [1.807, 2.05) is 0 Å². The summed E-state index contributed by atoms with van der Waals surface area (Å²) in [5.41, 5.74) is 0.307. The van der Waals surface area contributed by atoms with E-state index in [9.17, 15) is 9.59 Å². The van der Waals surface area contributed by atoms with Gasteiger partial charge in [0.05, 0.1) is 0 Å². The van der Waals surface area contributed by atoms with E-state index in [1.165, 1.54) is 36.3 Å². The molecular formula is C15H22N2O2. The molecule has 0 spiro atoms. The van der Waals surface area contributed by atoms with Gasteiger partial charge in [0.1, 0.15) is 0 Å². The number of hydrogen-bond donors (Lipinski definition) is 1. The number of nitrogens with one attached hydrogen (secondary N) is 1. The molecule has 1 N–H and O–H groups in total. The number of nitrogens with zero attached hydrogens (tertiary/aromatic N) is 1. The van der Waals surface area contributed by atoms with Crippen LogP contribution in [0.5, 0.6) is 0 Å². The summed E-state index contributed by atoms with van der Waals surface area (Å²) in [6, 6.07) is 3.33. The smallest absolute Gasteiger partial charge is 0.251 e. The first kappa shape index (κ1) is 13.8. The zero-order chi connectivity index (χ0) is 13.8. The van der Waals surface area contributed by atoms with Gasteiger partial charge in [-0.3, -0.25) is 9.59 Å². The van der Waals surface area contributed by atoms with Gasteiger partial charge in [0.15, 0.2) is 0 Å². The predicted molar refractivity (Wildman–Crippen MR) is 75.2 cm³/mol. The third kappa shape index (κ3) is 3.46. The van der Waals surface area contributed by atoms with Gasteiger partial charge in [0.25, 0.3) is 11.5 Å². The zero-order valence-corrected chi connectivity index (χ0v) is 11.7. The fraction of sp³-hybridized carbons (Fsp3) is 0.600. The third-order valence-corrected chi connectivity index (χ3v) is 4.04. The minimum atomic E-state index is -0.151. The number of hydrogen-bond acceptors (Lipinski definition) is 2. The SMILES string of the molecule is CC1CCCCCC1NC(=O)c1ccn(C)c(=O)c1. The minimum absolute atomic E-state index is 0.128.